The Hall–Kier alpha value is -1.66. The third-order valence-corrected chi connectivity index (χ3v) is 4.99. The van der Waals surface area contributed by atoms with E-state index in [0.717, 1.165) is 0 Å². The first kappa shape index (κ1) is 14.3. The van der Waals surface area contributed by atoms with Crippen LogP contribution in [0.15, 0.2) is 23.5 Å². The van der Waals surface area contributed by atoms with E-state index in [2.05, 4.69) is 0 Å². The van der Waals surface area contributed by atoms with E-state index >= 15 is 0 Å². The molecule has 21 heavy (non-hydrogen) atoms. The summed E-state index contributed by atoms with van der Waals surface area (Å²) in [5.41, 5.74) is -0.553. The first-order valence-electron chi connectivity index (χ1n) is 6.91. The molecule has 2 aliphatic carbocycles. The van der Waals surface area contributed by atoms with Crippen LogP contribution in [0.25, 0.3) is 0 Å². The molecule has 3 rings (SSSR count). The molecule has 0 spiro atoms. The van der Waals surface area contributed by atoms with Crippen LogP contribution < -0.4 is 0 Å². The standard InChI is InChI=1S/C15H18O6/c1-6-8-10(17)13(18)15(2)5-4-7(16)11(20-3)9(15)12(8)21-14(6)19/h4-6,8,10,12-13,17-18H,1-3H3/t6-,8+,10-,12+,13+,15+/m0/s1. The zero-order chi connectivity index (χ0) is 15.5. The first-order valence-corrected chi connectivity index (χ1v) is 6.91. The predicted octanol–water partition coefficient (Wildman–Crippen LogP) is -0.0548. The summed E-state index contributed by atoms with van der Waals surface area (Å²) in [5, 5.41) is 20.9. The second-order valence-electron chi connectivity index (χ2n) is 6.09. The van der Waals surface area contributed by atoms with Crippen LogP contribution in [0.3, 0.4) is 0 Å². The zero-order valence-corrected chi connectivity index (χ0v) is 12.1. The van der Waals surface area contributed by atoms with E-state index in [-0.39, 0.29) is 11.5 Å². The molecule has 0 aromatic heterocycles. The molecule has 3 aliphatic rings. The SMILES string of the molecule is COC1=C2[C@@H]3OC(=O)[C@@H](C)[C@@H]3[C@H](O)[C@@H](O)[C@]2(C)C=CC1=O. The number of fused-ring (bicyclic) bond motifs is 3. The lowest BCUT2D eigenvalue weighted by molar-refractivity contribution is -0.144. The molecule has 1 aliphatic heterocycles. The summed E-state index contributed by atoms with van der Waals surface area (Å²) in [5.74, 6) is -1.81. The van der Waals surface area contributed by atoms with Gasteiger partial charge in [-0.3, -0.25) is 9.59 Å². The summed E-state index contributed by atoms with van der Waals surface area (Å²) >= 11 is 0. The van der Waals surface area contributed by atoms with Gasteiger partial charge in [0.2, 0.25) is 5.78 Å². The summed E-state index contributed by atoms with van der Waals surface area (Å²) in [6, 6.07) is 0. The van der Waals surface area contributed by atoms with Crippen molar-refractivity contribution < 1.29 is 29.3 Å². The second-order valence-corrected chi connectivity index (χ2v) is 6.09. The Kier molecular flexibility index (Phi) is 3.00. The lowest BCUT2D eigenvalue weighted by Crippen LogP contribution is -2.57. The number of ether oxygens (including phenoxy) is 2. The fourth-order valence-electron chi connectivity index (χ4n) is 3.72. The van der Waals surface area contributed by atoms with Crippen molar-refractivity contribution in [1.29, 1.82) is 0 Å². The van der Waals surface area contributed by atoms with Crippen LogP contribution in [0.5, 0.6) is 0 Å². The van der Waals surface area contributed by atoms with Crippen LogP contribution in [-0.2, 0) is 19.1 Å². The molecule has 0 aromatic rings. The Bertz CT molecular complexity index is 577. The monoisotopic (exact) mass is 294 g/mol. The first-order chi connectivity index (χ1) is 9.82. The van der Waals surface area contributed by atoms with Crippen LogP contribution >= 0.6 is 0 Å². The maximum atomic E-state index is 12.0. The van der Waals surface area contributed by atoms with Crippen molar-refractivity contribution in [1.82, 2.24) is 0 Å². The lowest BCUT2D eigenvalue weighted by Gasteiger charge is -2.48. The number of esters is 1. The summed E-state index contributed by atoms with van der Waals surface area (Å²) in [7, 11) is 1.37. The molecule has 2 N–H and O–H groups in total. The molecule has 6 atom stereocenters. The minimum atomic E-state index is -1.14. The van der Waals surface area contributed by atoms with Gasteiger partial charge in [-0.05, 0) is 13.0 Å². The Morgan fingerprint density at radius 1 is 1.33 bits per heavy atom. The number of allylic oxidation sites excluding steroid dienone is 1. The van der Waals surface area contributed by atoms with E-state index in [4.69, 9.17) is 9.47 Å². The lowest BCUT2D eigenvalue weighted by atomic mass is 9.60. The van der Waals surface area contributed by atoms with Crippen molar-refractivity contribution in [2.24, 2.45) is 17.3 Å². The van der Waals surface area contributed by atoms with Crippen LogP contribution in [0, 0.1) is 17.3 Å². The third kappa shape index (κ3) is 1.66. The van der Waals surface area contributed by atoms with Gasteiger partial charge in [-0.2, -0.15) is 0 Å². The van der Waals surface area contributed by atoms with Crippen LogP contribution in [0.4, 0.5) is 0 Å². The molecular formula is C15H18O6. The average molecular weight is 294 g/mol. The quantitative estimate of drug-likeness (QED) is 0.658. The van der Waals surface area contributed by atoms with Crippen molar-refractivity contribution in [3.8, 4) is 0 Å². The number of hydrogen-bond donors (Lipinski definition) is 2. The molecule has 0 amide bonds. The molecule has 0 aromatic carbocycles. The molecule has 114 valence electrons. The molecule has 1 heterocycles. The number of ketones is 1. The van der Waals surface area contributed by atoms with Gasteiger partial charge in [0.25, 0.3) is 0 Å². The predicted molar refractivity (Wildman–Crippen MR) is 70.8 cm³/mol. The van der Waals surface area contributed by atoms with E-state index in [1.165, 1.54) is 13.2 Å². The van der Waals surface area contributed by atoms with Gasteiger partial charge < -0.3 is 19.7 Å². The van der Waals surface area contributed by atoms with Crippen LogP contribution in [-0.4, -0.2) is 47.4 Å². The van der Waals surface area contributed by atoms with E-state index in [9.17, 15) is 19.8 Å². The second kappa shape index (κ2) is 4.42. The molecular weight excluding hydrogens is 276 g/mol. The van der Waals surface area contributed by atoms with Gasteiger partial charge in [0.05, 0.1) is 25.2 Å². The van der Waals surface area contributed by atoms with E-state index in [0.29, 0.717) is 5.57 Å². The number of aliphatic hydroxyl groups is 2. The van der Waals surface area contributed by atoms with E-state index < -0.39 is 41.5 Å². The Morgan fingerprint density at radius 2 is 2.00 bits per heavy atom. The smallest absolute Gasteiger partial charge is 0.309 e. The van der Waals surface area contributed by atoms with Gasteiger partial charge in [0.15, 0.2) is 5.76 Å². The van der Waals surface area contributed by atoms with Gasteiger partial charge >= 0.3 is 5.97 Å². The molecule has 0 radical (unpaired) electrons. The maximum absolute atomic E-state index is 12.0. The third-order valence-electron chi connectivity index (χ3n) is 4.99. The minimum Gasteiger partial charge on any atom is -0.493 e. The van der Waals surface area contributed by atoms with Crippen molar-refractivity contribution >= 4 is 11.8 Å². The molecule has 6 heteroatoms. The molecule has 1 saturated carbocycles. The minimum absolute atomic E-state index is 0.0860. The Morgan fingerprint density at radius 3 is 2.62 bits per heavy atom. The van der Waals surface area contributed by atoms with Crippen molar-refractivity contribution in [2.45, 2.75) is 32.2 Å². The molecule has 0 unspecified atom stereocenters. The fraction of sp³-hybridized carbons (Fsp3) is 0.600. The Labute approximate surface area is 122 Å². The Balaban J connectivity index is 2.21. The van der Waals surface area contributed by atoms with Gasteiger partial charge in [-0.25, -0.2) is 0 Å². The number of rotatable bonds is 1. The molecule has 6 nitrogen and oxygen atoms in total. The number of methoxy groups -OCH3 is 1. The van der Waals surface area contributed by atoms with Crippen LogP contribution in [0.1, 0.15) is 13.8 Å². The molecule has 1 saturated heterocycles. The molecule has 0 bridgehead atoms. The van der Waals surface area contributed by atoms with Gasteiger partial charge in [-0.15, -0.1) is 0 Å². The number of carbonyl (C=O) groups is 2. The number of carbonyl (C=O) groups excluding carboxylic acids is 2. The number of aliphatic hydroxyl groups excluding tert-OH is 2. The summed E-state index contributed by atoms with van der Waals surface area (Å²) in [6.45, 7) is 3.35. The fourth-order valence-corrected chi connectivity index (χ4v) is 3.72. The normalized spacial score (nSPS) is 45.3. The highest BCUT2D eigenvalue weighted by Gasteiger charge is 2.61. The van der Waals surface area contributed by atoms with Crippen LogP contribution in [0.2, 0.25) is 0 Å². The van der Waals surface area contributed by atoms with Gasteiger partial charge in [0, 0.05) is 16.9 Å². The average Bonchev–Trinajstić information content (AvgIpc) is 2.74. The summed E-state index contributed by atoms with van der Waals surface area (Å²) in [6.07, 6.45) is -0.131. The highest BCUT2D eigenvalue weighted by atomic mass is 16.6. The topological polar surface area (TPSA) is 93.1 Å². The van der Waals surface area contributed by atoms with E-state index in [1.807, 2.05) is 0 Å². The van der Waals surface area contributed by atoms with Gasteiger partial charge in [-0.1, -0.05) is 13.0 Å². The van der Waals surface area contributed by atoms with Crippen molar-refractivity contribution in [3.63, 3.8) is 0 Å². The molecule has 2 fully saturated rings. The summed E-state index contributed by atoms with van der Waals surface area (Å²) < 4.78 is 10.6. The summed E-state index contributed by atoms with van der Waals surface area (Å²) in [4.78, 5) is 23.9. The number of hydrogen-bond acceptors (Lipinski definition) is 6. The van der Waals surface area contributed by atoms with Crippen molar-refractivity contribution in [3.05, 3.63) is 23.5 Å². The zero-order valence-electron chi connectivity index (χ0n) is 12.1. The van der Waals surface area contributed by atoms with Crippen molar-refractivity contribution in [2.75, 3.05) is 7.11 Å². The largest absolute Gasteiger partial charge is 0.493 e. The van der Waals surface area contributed by atoms with E-state index in [1.54, 1.807) is 19.9 Å². The van der Waals surface area contributed by atoms with Gasteiger partial charge in [0.1, 0.15) is 6.10 Å². The maximum Gasteiger partial charge on any atom is 0.309 e. The highest BCUT2D eigenvalue weighted by molar-refractivity contribution is 6.04. The highest BCUT2D eigenvalue weighted by Crippen LogP contribution is 2.53.